The number of rotatable bonds is 9. The van der Waals surface area contributed by atoms with E-state index in [1.54, 1.807) is 13.2 Å². The first-order chi connectivity index (χ1) is 17.9. The van der Waals surface area contributed by atoms with Crippen molar-refractivity contribution < 1.29 is 4.39 Å². The normalized spacial score (nSPS) is 12.6. The van der Waals surface area contributed by atoms with Crippen LogP contribution in [0.2, 0.25) is 0 Å². The van der Waals surface area contributed by atoms with E-state index in [1.165, 1.54) is 6.07 Å². The van der Waals surface area contributed by atoms with E-state index in [9.17, 15) is 4.39 Å². The van der Waals surface area contributed by atoms with Crippen molar-refractivity contribution in [1.29, 1.82) is 0 Å². The van der Waals surface area contributed by atoms with Crippen LogP contribution in [0.15, 0.2) is 64.8 Å². The third-order valence-electron chi connectivity index (χ3n) is 6.39. The van der Waals surface area contributed by atoms with E-state index < -0.39 is 0 Å². The number of hydrogen-bond donors (Lipinski definition) is 2. The van der Waals surface area contributed by atoms with Gasteiger partial charge in [-0.3, -0.25) is 9.98 Å². The van der Waals surface area contributed by atoms with E-state index in [4.69, 9.17) is 9.98 Å². The van der Waals surface area contributed by atoms with Crippen LogP contribution in [-0.4, -0.2) is 46.6 Å². The number of aromatic amines is 1. The predicted octanol–water partition coefficient (Wildman–Crippen LogP) is 6.47. The Morgan fingerprint density at radius 1 is 1.05 bits per heavy atom. The molecule has 0 aliphatic rings. The van der Waals surface area contributed by atoms with Crippen LogP contribution < -0.4 is 5.32 Å². The topological polar surface area (TPSA) is 78.3 Å². The van der Waals surface area contributed by atoms with Gasteiger partial charge in [0.2, 0.25) is 0 Å². The average molecular weight is 499 g/mol. The number of nitrogens with zero attached hydrogens (tertiary/aromatic N) is 4. The molecule has 0 amide bonds. The number of H-pyrrole nitrogens is 1. The highest BCUT2D eigenvalue weighted by molar-refractivity contribution is 6.08. The lowest BCUT2D eigenvalue weighted by Gasteiger charge is -2.12. The number of aromatic nitrogens is 3. The molecule has 0 spiro atoms. The summed E-state index contributed by atoms with van der Waals surface area (Å²) in [5.41, 5.74) is 7.28. The molecule has 3 heterocycles. The standard InChI is InChI=1S/C30H35FN6/c1-6-13-33-18-28(19(3)4)37-30(32-5)21-16-27-26(35-17-21)11-10-25(36-27)22-12-14-34-29(22)23-15-20(7-2)8-9-24(23)31/h8-12,14-17,19,33-34H,6-7,13,18H2,1-5H3. The number of pyridine rings is 2. The predicted molar refractivity (Wildman–Crippen MR) is 152 cm³/mol. The Morgan fingerprint density at radius 2 is 1.89 bits per heavy atom. The minimum Gasteiger partial charge on any atom is -0.361 e. The van der Waals surface area contributed by atoms with E-state index >= 15 is 0 Å². The van der Waals surface area contributed by atoms with Crippen molar-refractivity contribution in [2.45, 2.75) is 40.5 Å². The molecular weight excluding hydrogens is 463 g/mol. The van der Waals surface area contributed by atoms with Crippen LogP contribution in [-0.2, 0) is 6.42 Å². The minimum atomic E-state index is -0.262. The van der Waals surface area contributed by atoms with Crippen LogP contribution in [0.4, 0.5) is 4.39 Å². The van der Waals surface area contributed by atoms with Gasteiger partial charge in [-0.2, -0.15) is 0 Å². The Morgan fingerprint density at radius 3 is 2.62 bits per heavy atom. The van der Waals surface area contributed by atoms with Gasteiger partial charge in [0, 0.05) is 48.4 Å². The number of hydrogen-bond acceptors (Lipinski definition) is 4. The van der Waals surface area contributed by atoms with Crippen LogP contribution >= 0.6 is 0 Å². The molecule has 37 heavy (non-hydrogen) atoms. The molecule has 4 aromatic rings. The summed E-state index contributed by atoms with van der Waals surface area (Å²) in [4.78, 5) is 22.1. The first-order valence-corrected chi connectivity index (χ1v) is 12.9. The highest BCUT2D eigenvalue weighted by atomic mass is 19.1. The van der Waals surface area contributed by atoms with Crippen LogP contribution in [0.1, 0.15) is 45.2 Å². The summed E-state index contributed by atoms with van der Waals surface area (Å²) in [6, 6.07) is 13.0. The fraction of sp³-hybridized carbons (Fsp3) is 0.333. The van der Waals surface area contributed by atoms with Gasteiger partial charge in [0.05, 0.1) is 22.4 Å². The van der Waals surface area contributed by atoms with E-state index in [1.807, 2.05) is 42.6 Å². The molecule has 7 heteroatoms. The molecule has 192 valence electrons. The Kier molecular flexibility index (Phi) is 8.56. The zero-order chi connectivity index (χ0) is 26.4. The smallest absolute Gasteiger partial charge is 0.155 e. The van der Waals surface area contributed by atoms with Crippen molar-refractivity contribution >= 4 is 22.6 Å². The van der Waals surface area contributed by atoms with Crippen molar-refractivity contribution in [2.24, 2.45) is 15.9 Å². The second-order valence-corrected chi connectivity index (χ2v) is 9.37. The van der Waals surface area contributed by atoms with Gasteiger partial charge in [-0.15, -0.1) is 0 Å². The quantitative estimate of drug-likeness (QED) is 0.158. The molecule has 0 saturated carbocycles. The van der Waals surface area contributed by atoms with Crippen molar-refractivity contribution in [3.05, 3.63) is 71.8 Å². The number of benzene rings is 1. The van der Waals surface area contributed by atoms with Gasteiger partial charge in [0.15, 0.2) is 5.84 Å². The molecule has 0 atom stereocenters. The fourth-order valence-corrected chi connectivity index (χ4v) is 4.21. The Bertz CT molecular complexity index is 1430. The summed E-state index contributed by atoms with van der Waals surface area (Å²) in [6.45, 7) is 10.2. The number of aryl methyl sites for hydroxylation is 1. The lowest BCUT2D eigenvalue weighted by atomic mass is 10.0. The number of aliphatic imine (C=N–C) groups is 2. The monoisotopic (exact) mass is 498 g/mol. The first kappa shape index (κ1) is 26.4. The summed E-state index contributed by atoms with van der Waals surface area (Å²) in [7, 11) is 1.75. The molecule has 1 aromatic carbocycles. The minimum absolute atomic E-state index is 0.262. The van der Waals surface area contributed by atoms with Crippen molar-refractivity contribution in [3.8, 4) is 22.5 Å². The van der Waals surface area contributed by atoms with Gasteiger partial charge in [-0.25, -0.2) is 14.4 Å². The third-order valence-corrected chi connectivity index (χ3v) is 6.39. The molecule has 3 aromatic heterocycles. The summed E-state index contributed by atoms with van der Waals surface area (Å²) < 4.78 is 14.8. The van der Waals surface area contributed by atoms with Gasteiger partial charge in [0.25, 0.3) is 0 Å². The molecule has 0 radical (unpaired) electrons. The number of halogens is 1. The van der Waals surface area contributed by atoms with Crippen molar-refractivity contribution in [2.75, 3.05) is 20.1 Å². The number of fused-ring (bicyclic) bond motifs is 1. The second-order valence-electron chi connectivity index (χ2n) is 9.37. The van der Waals surface area contributed by atoms with E-state index in [0.717, 1.165) is 65.1 Å². The number of nitrogens with one attached hydrogen (secondary N) is 2. The molecule has 2 N–H and O–H groups in total. The Balaban J connectivity index is 1.72. The van der Waals surface area contributed by atoms with Gasteiger partial charge < -0.3 is 10.3 Å². The molecule has 6 nitrogen and oxygen atoms in total. The van der Waals surface area contributed by atoms with E-state index in [-0.39, 0.29) is 11.7 Å². The number of amidine groups is 1. The Labute approximate surface area is 218 Å². The maximum absolute atomic E-state index is 14.8. The fourth-order valence-electron chi connectivity index (χ4n) is 4.21. The van der Waals surface area contributed by atoms with Crippen molar-refractivity contribution in [1.82, 2.24) is 20.3 Å². The summed E-state index contributed by atoms with van der Waals surface area (Å²) in [6.07, 6.45) is 5.52. The zero-order valence-electron chi connectivity index (χ0n) is 22.3. The van der Waals surface area contributed by atoms with Gasteiger partial charge >= 0.3 is 0 Å². The molecule has 0 bridgehead atoms. The first-order valence-electron chi connectivity index (χ1n) is 12.9. The average Bonchev–Trinajstić information content (AvgIpc) is 3.40. The highest BCUT2D eigenvalue weighted by Crippen LogP contribution is 2.33. The summed E-state index contributed by atoms with van der Waals surface area (Å²) in [5, 5.41) is 3.44. The maximum atomic E-state index is 14.8. The second kappa shape index (κ2) is 12.0. The van der Waals surface area contributed by atoms with Crippen LogP contribution in [0, 0.1) is 11.7 Å². The van der Waals surface area contributed by atoms with Gasteiger partial charge in [-0.05, 0) is 67.3 Å². The largest absolute Gasteiger partial charge is 0.361 e. The highest BCUT2D eigenvalue weighted by Gasteiger charge is 2.16. The Hall–Kier alpha value is -3.71. The lowest BCUT2D eigenvalue weighted by molar-refractivity contribution is 0.630. The van der Waals surface area contributed by atoms with Crippen LogP contribution in [0.5, 0.6) is 0 Å². The molecule has 0 fully saturated rings. The lowest BCUT2D eigenvalue weighted by Crippen LogP contribution is -2.28. The molecular formula is C30H35FN6. The van der Waals surface area contributed by atoms with Crippen LogP contribution in [0.25, 0.3) is 33.5 Å². The zero-order valence-corrected chi connectivity index (χ0v) is 22.3. The molecule has 0 unspecified atom stereocenters. The third kappa shape index (κ3) is 6.00. The van der Waals surface area contributed by atoms with E-state index in [0.29, 0.717) is 17.1 Å². The summed E-state index contributed by atoms with van der Waals surface area (Å²) in [5.74, 6) is 0.656. The van der Waals surface area contributed by atoms with Gasteiger partial charge in [0.1, 0.15) is 5.82 Å². The van der Waals surface area contributed by atoms with E-state index in [2.05, 4.69) is 48.0 Å². The van der Waals surface area contributed by atoms with Crippen LogP contribution in [0.3, 0.4) is 0 Å². The molecule has 0 aliphatic carbocycles. The SMILES string of the molecule is CCCNCC(=NC(=NC)c1cnc2ccc(-c3cc[nH]c3-c3cc(CC)ccc3F)nc2c1)C(C)C. The molecule has 0 saturated heterocycles. The van der Waals surface area contributed by atoms with Gasteiger partial charge in [-0.1, -0.05) is 33.8 Å². The summed E-state index contributed by atoms with van der Waals surface area (Å²) >= 11 is 0. The molecule has 4 rings (SSSR count). The maximum Gasteiger partial charge on any atom is 0.155 e. The molecule has 0 aliphatic heterocycles. The van der Waals surface area contributed by atoms with Crippen molar-refractivity contribution in [3.63, 3.8) is 0 Å².